The predicted molar refractivity (Wildman–Crippen MR) is 103 cm³/mol. The summed E-state index contributed by atoms with van der Waals surface area (Å²) in [6.45, 7) is 1.51. The van der Waals surface area contributed by atoms with Crippen molar-refractivity contribution in [2.24, 2.45) is 0 Å². The van der Waals surface area contributed by atoms with E-state index in [1.165, 1.54) is 6.92 Å². The van der Waals surface area contributed by atoms with Crippen LogP contribution in [0.4, 0.5) is 11.4 Å². The molecule has 26 heavy (non-hydrogen) atoms. The molecule has 0 unspecified atom stereocenters. The van der Waals surface area contributed by atoms with E-state index in [1.54, 1.807) is 48.5 Å². The molecule has 0 aromatic heterocycles. The Bertz CT molecular complexity index is 920. The van der Waals surface area contributed by atoms with Crippen molar-refractivity contribution in [1.82, 2.24) is 0 Å². The molecule has 1 amide bonds. The Hall–Kier alpha value is -2.56. The summed E-state index contributed by atoms with van der Waals surface area (Å²) in [5.41, 5.74) is 1.70. The smallest absolute Gasteiger partial charge is 0.247 e. The van der Waals surface area contributed by atoms with Crippen LogP contribution in [-0.2, 0) is 21.2 Å². The molecule has 0 aliphatic carbocycles. The number of rotatable bonds is 6. The SMILES string of the molecule is C[C@H](C(=O)Nc1ccc(CC#N)cc1)N(c1ccc(Cl)cc1)S(C)(=O)=O. The van der Waals surface area contributed by atoms with Crippen molar-refractivity contribution in [2.45, 2.75) is 19.4 Å². The third-order valence-electron chi connectivity index (χ3n) is 3.67. The van der Waals surface area contributed by atoms with E-state index >= 15 is 0 Å². The van der Waals surface area contributed by atoms with Crippen molar-refractivity contribution in [3.8, 4) is 6.07 Å². The molecule has 8 heteroatoms. The number of nitriles is 1. The molecular weight excluding hydrogens is 374 g/mol. The molecule has 1 N–H and O–H groups in total. The van der Waals surface area contributed by atoms with Crippen LogP contribution in [0.5, 0.6) is 0 Å². The molecule has 2 aromatic carbocycles. The number of hydrogen-bond acceptors (Lipinski definition) is 4. The monoisotopic (exact) mass is 391 g/mol. The van der Waals surface area contributed by atoms with E-state index in [-0.39, 0.29) is 6.42 Å². The first-order valence-electron chi connectivity index (χ1n) is 7.74. The Kier molecular flexibility index (Phi) is 6.24. The van der Waals surface area contributed by atoms with E-state index in [2.05, 4.69) is 5.32 Å². The van der Waals surface area contributed by atoms with Crippen molar-refractivity contribution in [3.05, 3.63) is 59.1 Å². The lowest BCUT2D eigenvalue weighted by Crippen LogP contribution is -2.45. The van der Waals surface area contributed by atoms with Crippen molar-refractivity contribution < 1.29 is 13.2 Å². The lowest BCUT2D eigenvalue weighted by Gasteiger charge is -2.28. The standard InChI is InChI=1S/C18H18ClN3O3S/c1-13(18(23)21-16-7-3-14(4-8-16)11-12-20)22(26(2,24)25)17-9-5-15(19)6-10-17/h3-10,13H,11H2,1-2H3,(H,21,23)/t13-/m1/s1. The van der Waals surface area contributed by atoms with E-state index in [4.69, 9.17) is 16.9 Å². The molecule has 136 valence electrons. The van der Waals surface area contributed by atoms with Gasteiger partial charge in [-0.2, -0.15) is 5.26 Å². The Morgan fingerprint density at radius 1 is 1.19 bits per heavy atom. The summed E-state index contributed by atoms with van der Waals surface area (Å²) in [6.07, 6.45) is 1.32. The third-order valence-corrected chi connectivity index (χ3v) is 5.17. The van der Waals surface area contributed by atoms with Crippen LogP contribution >= 0.6 is 11.6 Å². The van der Waals surface area contributed by atoms with Gasteiger partial charge in [-0.15, -0.1) is 0 Å². The van der Waals surface area contributed by atoms with Crippen LogP contribution in [0.25, 0.3) is 0 Å². The first-order valence-corrected chi connectivity index (χ1v) is 9.96. The van der Waals surface area contributed by atoms with Gasteiger partial charge in [-0.3, -0.25) is 9.10 Å². The number of hydrogen-bond donors (Lipinski definition) is 1. The molecule has 0 saturated heterocycles. The van der Waals surface area contributed by atoms with Crippen LogP contribution in [0.2, 0.25) is 5.02 Å². The number of anilines is 2. The Balaban J connectivity index is 2.22. The molecule has 0 aliphatic heterocycles. The van der Waals surface area contributed by atoms with Crippen LogP contribution in [-0.4, -0.2) is 26.6 Å². The molecular formula is C18H18ClN3O3S. The zero-order chi connectivity index (χ0) is 19.3. The summed E-state index contributed by atoms with van der Waals surface area (Å²) in [7, 11) is -3.69. The fourth-order valence-corrected chi connectivity index (χ4v) is 3.74. The highest BCUT2D eigenvalue weighted by Gasteiger charge is 2.29. The maximum atomic E-state index is 12.6. The lowest BCUT2D eigenvalue weighted by atomic mass is 10.1. The second kappa shape index (κ2) is 8.21. The van der Waals surface area contributed by atoms with E-state index < -0.39 is 22.0 Å². The second-order valence-corrected chi connectivity index (χ2v) is 8.03. The minimum Gasteiger partial charge on any atom is -0.324 e. The predicted octanol–water partition coefficient (Wildman–Crippen LogP) is 3.20. The fraction of sp³-hybridized carbons (Fsp3) is 0.222. The highest BCUT2D eigenvalue weighted by Crippen LogP contribution is 2.23. The van der Waals surface area contributed by atoms with Gasteiger partial charge in [0.2, 0.25) is 15.9 Å². The highest BCUT2D eigenvalue weighted by molar-refractivity contribution is 7.92. The number of carbonyl (C=O) groups excluding carboxylic acids is 1. The summed E-state index contributed by atoms with van der Waals surface area (Å²) in [5.74, 6) is -0.474. The number of benzene rings is 2. The summed E-state index contributed by atoms with van der Waals surface area (Å²) in [5, 5.41) is 11.8. The van der Waals surface area contributed by atoms with Gasteiger partial charge in [0, 0.05) is 10.7 Å². The van der Waals surface area contributed by atoms with Gasteiger partial charge < -0.3 is 5.32 Å². The van der Waals surface area contributed by atoms with Crippen LogP contribution in [0.15, 0.2) is 48.5 Å². The highest BCUT2D eigenvalue weighted by atomic mass is 35.5. The van der Waals surface area contributed by atoms with Crippen molar-refractivity contribution in [3.63, 3.8) is 0 Å². The Morgan fingerprint density at radius 3 is 2.27 bits per heavy atom. The van der Waals surface area contributed by atoms with Crippen LogP contribution < -0.4 is 9.62 Å². The van der Waals surface area contributed by atoms with Crippen molar-refractivity contribution in [2.75, 3.05) is 15.9 Å². The van der Waals surface area contributed by atoms with Gasteiger partial charge in [0.15, 0.2) is 0 Å². The fourth-order valence-electron chi connectivity index (χ4n) is 2.44. The first-order chi connectivity index (χ1) is 12.2. The number of nitrogens with one attached hydrogen (secondary N) is 1. The van der Waals surface area contributed by atoms with Crippen LogP contribution in [0.1, 0.15) is 12.5 Å². The van der Waals surface area contributed by atoms with Gasteiger partial charge in [-0.1, -0.05) is 23.7 Å². The molecule has 1 atom stereocenters. The molecule has 0 aliphatic rings. The molecule has 2 rings (SSSR count). The van der Waals surface area contributed by atoms with Crippen LogP contribution in [0, 0.1) is 11.3 Å². The average Bonchev–Trinajstić information content (AvgIpc) is 2.57. The third kappa shape index (κ3) is 4.97. The molecule has 0 heterocycles. The number of nitrogens with zero attached hydrogens (tertiary/aromatic N) is 2. The number of amides is 1. The number of sulfonamides is 1. The average molecular weight is 392 g/mol. The van der Waals surface area contributed by atoms with E-state index in [9.17, 15) is 13.2 Å². The largest absolute Gasteiger partial charge is 0.324 e. The molecule has 6 nitrogen and oxygen atoms in total. The Labute approximate surface area is 158 Å². The lowest BCUT2D eigenvalue weighted by molar-refractivity contribution is -0.116. The maximum Gasteiger partial charge on any atom is 0.247 e. The normalized spacial score (nSPS) is 12.1. The molecule has 0 bridgehead atoms. The van der Waals surface area contributed by atoms with E-state index in [0.29, 0.717) is 16.4 Å². The van der Waals surface area contributed by atoms with Crippen molar-refractivity contribution >= 4 is 38.9 Å². The topological polar surface area (TPSA) is 90.3 Å². The molecule has 0 radical (unpaired) electrons. The van der Waals surface area contributed by atoms with Gasteiger partial charge in [0.05, 0.1) is 24.4 Å². The molecule has 2 aromatic rings. The Morgan fingerprint density at radius 2 is 1.77 bits per heavy atom. The summed E-state index contributed by atoms with van der Waals surface area (Å²) >= 11 is 5.85. The quantitative estimate of drug-likeness (QED) is 0.818. The first kappa shape index (κ1) is 19.8. The van der Waals surface area contributed by atoms with E-state index in [1.807, 2.05) is 6.07 Å². The van der Waals surface area contributed by atoms with Crippen molar-refractivity contribution in [1.29, 1.82) is 5.26 Å². The number of halogens is 1. The second-order valence-electron chi connectivity index (χ2n) is 5.73. The summed E-state index contributed by atoms with van der Waals surface area (Å²) < 4.78 is 25.5. The zero-order valence-electron chi connectivity index (χ0n) is 14.3. The van der Waals surface area contributed by atoms with Gasteiger partial charge in [0.1, 0.15) is 6.04 Å². The van der Waals surface area contributed by atoms with Gasteiger partial charge in [-0.05, 0) is 48.9 Å². The summed E-state index contributed by atoms with van der Waals surface area (Å²) in [4.78, 5) is 12.6. The molecule has 0 fully saturated rings. The van der Waals surface area contributed by atoms with Gasteiger partial charge in [0.25, 0.3) is 0 Å². The zero-order valence-corrected chi connectivity index (χ0v) is 15.9. The molecule has 0 spiro atoms. The van der Waals surface area contributed by atoms with Gasteiger partial charge >= 0.3 is 0 Å². The number of carbonyl (C=O) groups is 1. The van der Waals surface area contributed by atoms with Crippen LogP contribution in [0.3, 0.4) is 0 Å². The maximum absolute atomic E-state index is 12.6. The van der Waals surface area contributed by atoms with E-state index in [0.717, 1.165) is 16.1 Å². The van der Waals surface area contributed by atoms with Gasteiger partial charge in [-0.25, -0.2) is 8.42 Å². The molecule has 0 saturated carbocycles. The minimum atomic E-state index is -3.69. The summed E-state index contributed by atoms with van der Waals surface area (Å²) in [6, 6.07) is 14.1. The minimum absolute atomic E-state index is 0.281.